The van der Waals surface area contributed by atoms with Crippen LogP contribution in [0.4, 0.5) is 0 Å². The molecule has 1 aliphatic heterocycles. The molecule has 2 unspecified atom stereocenters. The lowest BCUT2D eigenvalue weighted by molar-refractivity contribution is 0.0602. The third-order valence-corrected chi connectivity index (χ3v) is 4.35. The topological polar surface area (TPSA) is 57.6 Å². The summed E-state index contributed by atoms with van der Waals surface area (Å²) in [6, 6.07) is 6.96. The summed E-state index contributed by atoms with van der Waals surface area (Å²) in [7, 11) is 0. The van der Waals surface area contributed by atoms with Crippen LogP contribution in [0.15, 0.2) is 24.3 Å². The van der Waals surface area contributed by atoms with Crippen LogP contribution in [0.1, 0.15) is 40.0 Å². The Morgan fingerprint density at radius 3 is 2.21 bits per heavy atom. The van der Waals surface area contributed by atoms with E-state index in [-0.39, 0.29) is 30.3 Å². The van der Waals surface area contributed by atoms with Crippen molar-refractivity contribution in [3.63, 3.8) is 0 Å². The van der Waals surface area contributed by atoms with Gasteiger partial charge in [-0.05, 0) is 36.8 Å². The lowest BCUT2D eigenvalue weighted by Gasteiger charge is -2.22. The second kappa shape index (κ2) is 4.78. The number of rotatable bonds is 3. The van der Waals surface area contributed by atoms with Gasteiger partial charge in [0, 0.05) is 13.2 Å². The highest BCUT2D eigenvalue weighted by Gasteiger charge is 2.38. The summed E-state index contributed by atoms with van der Waals surface area (Å²) in [6.45, 7) is 0.589. The number of carbonyl (C=O) groups excluding carboxylic acids is 2. The van der Waals surface area contributed by atoms with Crippen molar-refractivity contribution in [3.05, 3.63) is 35.4 Å². The molecule has 1 aromatic rings. The van der Waals surface area contributed by atoms with Crippen LogP contribution in [0.3, 0.4) is 0 Å². The molecule has 2 aliphatic rings. The summed E-state index contributed by atoms with van der Waals surface area (Å²) in [4.78, 5) is 25.8. The first-order valence-corrected chi connectivity index (χ1v) is 6.78. The molecular formula is C15H17NO3. The van der Waals surface area contributed by atoms with Crippen LogP contribution >= 0.6 is 0 Å². The molecule has 1 N–H and O–H groups in total. The first-order valence-electron chi connectivity index (χ1n) is 6.78. The van der Waals surface area contributed by atoms with Gasteiger partial charge in [-0.25, -0.2) is 0 Å². The standard InChI is InChI=1S/C15H17NO3/c17-9-11-5-3-4-10(11)8-16-14(18)12-6-1-2-7-13(12)15(16)19/h1-2,6-7,10-11,17H,3-5,8-9H2. The van der Waals surface area contributed by atoms with Crippen LogP contribution < -0.4 is 0 Å². The predicted octanol–water partition coefficient (Wildman–Crippen LogP) is 1.69. The smallest absolute Gasteiger partial charge is 0.261 e. The van der Waals surface area contributed by atoms with Crippen molar-refractivity contribution >= 4 is 11.8 Å². The fraction of sp³-hybridized carbons (Fsp3) is 0.467. The maximum Gasteiger partial charge on any atom is 0.261 e. The number of aliphatic hydroxyl groups is 1. The zero-order valence-corrected chi connectivity index (χ0v) is 10.7. The van der Waals surface area contributed by atoms with Crippen LogP contribution in [0.2, 0.25) is 0 Å². The molecule has 1 heterocycles. The van der Waals surface area contributed by atoms with Crippen LogP contribution in [0.25, 0.3) is 0 Å². The van der Waals surface area contributed by atoms with E-state index in [1.807, 2.05) is 0 Å². The van der Waals surface area contributed by atoms with Crippen molar-refractivity contribution in [2.24, 2.45) is 11.8 Å². The molecule has 19 heavy (non-hydrogen) atoms. The lowest BCUT2D eigenvalue weighted by atomic mass is 9.96. The van der Waals surface area contributed by atoms with Crippen LogP contribution in [-0.4, -0.2) is 35.0 Å². The second-order valence-electron chi connectivity index (χ2n) is 5.40. The zero-order chi connectivity index (χ0) is 13.4. The second-order valence-corrected chi connectivity index (χ2v) is 5.40. The normalized spacial score (nSPS) is 26.1. The fourth-order valence-electron chi connectivity index (χ4n) is 3.23. The average Bonchev–Trinajstić information content (AvgIpc) is 2.98. The number of benzene rings is 1. The molecule has 1 aliphatic carbocycles. The molecule has 1 saturated carbocycles. The molecule has 0 spiro atoms. The van der Waals surface area contributed by atoms with Gasteiger partial charge in [-0.1, -0.05) is 18.6 Å². The number of fused-ring (bicyclic) bond motifs is 1. The van der Waals surface area contributed by atoms with E-state index in [0.29, 0.717) is 17.7 Å². The Labute approximate surface area is 112 Å². The summed E-state index contributed by atoms with van der Waals surface area (Å²) in [5, 5.41) is 9.33. The van der Waals surface area contributed by atoms with Gasteiger partial charge in [-0.3, -0.25) is 14.5 Å². The van der Waals surface area contributed by atoms with Crippen molar-refractivity contribution in [1.29, 1.82) is 0 Å². The molecule has 2 atom stereocenters. The third-order valence-electron chi connectivity index (χ3n) is 4.35. The van der Waals surface area contributed by atoms with E-state index >= 15 is 0 Å². The van der Waals surface area contributed by atoms with Gasteiger partial charge in [-0.2, -0.15) is 0 Å². The lowest BCUT2D eigenvalue weighted by Crippen LogP contribution is -2.36. The number of aliphatic hydroxyl groups excluding tert-OH is 1. The van der Waals surface area contributed by atoms with Crippen LogP contribution in [0, 0.1) is 11.8 Å². The average molecular weight is 259 g/mol. The SMILES string of the molecule is O=C1c2ccccc2C(=O)N1CC1CCCC1CO. The summed E-state index contributed by atoms with van der Waals surface area (Å²) < 4.78 is 0. The van der Waals surface area contributed by atoms with E-state index in [2.05, 4.69) is 0 Å². The Hall–Kier alpha value is -1.68. The highest BCUT2D eigenvalue weighted by Crippen LogP contribution is 2.34. The number of nitrogens with zero attached hydrogens (tertiary/aromatic N) is 1. The monoisotopic (exact) mass is 259 g/mol. The fourth-order valence-corrected chi connectivity index (χ4v) is 3.23. The van der Waals surface area contributed by atoms with Gasteiger partial charge in [0.05, 0.1) is 11.1 Å². The minimum absolute atomic E-state index is 0.147. The van der Waals surface area contributed by atoms with E-state index in [1.165, 1.54) is 4.90 Å². The Morgan fingerprint density at radius 1 is 1.05 bits per heavy atom. The molecule has 0 radical (unpaired) electrons. The van der Waals surface area contributed by atoms with E-state index < -0.39 is 0 Å². The Bertz CT molecular complexity index is 491. The summed E-state index contributed by atoms with van der Waals surface area (Å²) >= 11 is 0. The molecule has 2 amide bonds. The van der Waals surface area contributed by atoms with Gasteiger partial charge in [0.15, 0.2) is 0 Å². The van der Waals surface area contributed by atoms with Gasteiger partial charge in [0.2, 0.25) is 0 Å². The molecule has 4 nitrogen and oxygen atoms in total. The molecule has 0 aromatic heterocycles. The van der Waals surface area contributed by atoms with E-state index in [0.717, 1.165) is 19.3 Å². The third kappa shape index (κ3) is 1.96. The van der Waals surface area contributed by atoms with Gasteiger partial charge in [0.25, 0.3) is 11.8 Å². The van der Waals surface area contributed by atoms with E-state index in [1.54, 1.807) is 24.3 Å². The quantitative estimate of drug-likeness (QED) is 0.840. The van der Waals surface area contributed by atoms with Crippen molar-refractivity contribution in [3.8, 4) is 0 Å². The maximum atomic E-state index is 12.2. The molecular weight excluding hydrogens is 242 g/mol. The largest absolute Gasteiger partial charge is 0.396 e. The summed E-state index contributed by atoms with van der Waals surface area (Å²) in [5.74, 6) is 0.0879. The maximum absolute atomic E-state index is 12.2. The van der Waals surface area contributed by atoms with Crippen molar-refractivity contribution in [1.82, 2.24) is 4.90 Å². The summed E-state index contributed by atoms with van der Waals surface area (Å²) in [6.07, 6.45) is 3.04. The molecule has 100 valence electrons. The van der Waals surface area contributed by atoms with E-state index in [9.17, 15) is 14.7 Å². The first kappa shape index (κ1) is 12.4. The number of imide groups is 1. The first-order chi connectivity index (χ1) is 9.22. The molecule has 1 fully saturated rings. The number of carbonyl (C=O) groups is 2. The number of amides is 2. The van der Waals surface area contributed by atoms with Crippen molar-refractivity contribution in [2.75, 3.05) is 13.2 Å². The Morgan fingerprint density at radius 2 is 1.63 bits per heavy atom. The molecule has 1 aromatic carbocycles. The van der Waals surface area contributed by atoms with Gasteiger partial charge >= 0.3 is 0 Å². The van der Waals surface area contributed by atoms with Crippen molar-refractivity contribution in [2.45, 2.75) is 19.3 Å². The highest BCUT2D eigenvalue weighted by atomic mass is 16.3. The van der Waals surface area contributed by atoms with Gasteiger partial charge in [0.1, 0.15) is 0 Å². The summed E-state index contributed by atoms with van der Waals surface area (Å²) in [5.41, 5.74) is 1.01. The Kier molecular flexibility index (Phi) is 3.11. The van der Waals surface area contributed by atoms with Crippen LogP contribution in [0.5, 0.6) is 0 Å². The number of hydrogen-bond acceptors (Lipinski definition) is 3. The molecule has 3 rings (SSSR count). The predicted molar refractivity (Wildman–Crippen MR) is 69.7 cm³/mol. The van der Waals surface area contributed by atoms with Crippen LogP contribution in [-0.2, 0) is 0 Å². The van der Waals surface area contributed by atoms with Crippen molar-refractivity contribution < 1.29 is 14.7 Å². The number of hydrogen-bond donors (Lipinski definition) is 1. The minimum Gasteiger partial charge on any atom is -0.396 e. The van der Waals surface area contributed by atoms with E-state index in [4.69, 9.17) is 0 Å². The minimum atomic E-state index is -0.191. The molecule has 0 bridgehead atoms. The van der Waals surface area contributed by atoms with Gasteiger partial charge < -0.3 is 5.11 Å². The molecule has 4 heteroatoms. The molecule has 0 saturated heterocycles. The Balaban J connectivity index is 1.81. The van der Waals surface area contributed by atoms with Gasteiger partial charge in [-0.15, -0.1) is 0 Å². The highest BCUT2D eigenvalue weighted by molar-refractivity contribution is 6.21. The zero-order valence-electron chi connectivity index (χ0n) is 10.7.